The van der Waals surface area contributed by atoms with Gasteiger partial charge in [0, 0.05) is 43.3 Å². The first kappa shape index (κ1) is 18.8. The zero-order valence-corrected chi connectivity index (χ0v) is 17.5. The molecule has 140 valence electrons. The molecule has 0 aromatic carbocycles. The summed E-state index contributed by atoms with van der Waals surface area (Å²) in [4.78, 5) is 25.8. The molecule has 0 unspecified atom stereocenters. The van der Waals surface area contributed by atoms with Gasteiger partial charge in [-0.1, -0.05) is 31.0 Å². The highest BCUT2D eigenvalue weighted by Gasteiger charge is 2.21. The van der Waals surface area contributed by atoms with Crippen molar-refractivity contribution in [3.8, 4) is 0 Å². The number of hydrogen-bond donors (Lipinski definition) is 1. The number of amides is 2. The van der Waals surface area contributed by atoms with E-state index in [0.717, 1.165) is 36.4 Å². The molecule has 1 saturated heterocycles. The average Bonchev–Trinajstić information content (AvgIpc) is 3.22. The summed E-state index contributed by atoms with van der Waals surface area (Å²) in [6.45, 7) is 9.94. The first-order valence-electron chi connectivity index (χ1n) is 8.66. The van der Waals surface area contributed by atoms with Crippen LogP contribution in [0.1, 0.15) is 10.8 Å². The number of anilines is 1. The Morgan fingerprint density at radius 3 is 2.58 bits per heavy atom. The highest BCUT2D eigenvalue weighted by atomic mass is 32.1. The van der Waals surface area contributed by atoms with Gasteiger partial charge in [-0.2, -0.15) is 0 Å². The van der Waals surface area contributed by atoms with Crippen LogP contribution in [0.4, 0.5) is 9.93 Å². The first-order chi connectivity index (χ1) is 12.3. The number of hydrogen-bond acceptors (Lipinski definition) is 6. The molecule has 2 amide bonds. The SMILES string of the molecule is CN1CCN(C(=O)Nc2ncc(C=Cc3ncc([Si](C)(C)C)o3)s2)CC1. The van der Waals surface area contributed by atoms with E-state index in [0.29, 0.717) is 11.0 Å². The fourth-order valence-electron chi connectivity index (χ4n) is 2.47. The van der Waals surface area contributed by atoms with Crippen LogP contribution < -0.4 is 10.7 Å². The van der Waals surface area contributed by atoms with Crippen LogP contribution in [0.5, 0.6) is 0 Å². The van der Waals surface area contributed by atoms with Gasteiger partial charge in [-0.05, 0) is 13.1 Å². The molecule has 2 aromatic heterocycles. The number of rotatable bonds is 4. The van der Waals surface area contributed by atoms with Crippen LogP contribution in [0.25, 0.3) is 12.2 Å². The van der Waals surface area contributed by atoms with Gasteiger partial charge in [0.15, 0.2) is 5.13 Å². The Labute approximate surface area is 158 Å². The van der Waals surface area contributed by atoms with E-state index in [2.05, 4.69) is 46.9 Å². The Morgan fingerprint density at radius 1 is 1.19 bits per heavy atom. The molecule has 0 saturated carbocycles. The molecule has 0 aliphatic carbocycles. The third-order valence-electron chi connectivity index (χ3n) is 4.18. The van der Waals surface area contributed by atoms with Crippen molar-refractivity contribution >= 4 is 48.1 Å². The third-order valence-corrected chi connectivity index (χ3v) is 6.77. The summed E-state index contributed by atoms with van der Waals surface area (Å²) in [7, 11) is 0.581. The molecule has 7 nitrogen and oxygen atoms in total. The second-order valence-electron chi connectivity index (χ2n) is 7.43. The quantitative estimate of drug-likeness (QED) is 0.811. The second-order valence-corrected chi connectivity index (χ2v) is 13.5. The van der Waals surface area contributed by atoms with Crippen molar-refractivity contribution in [2.75, 3.05) is 38.5 Å². The molecule has 1 aliphatic rings. The van der Waals surface area contributed by atoms with Gasteiger partial charge in [0.2, 0.25) is 5.89 Å². The van der Waals surface area contributed by atoms with E-state index in [-0.39, 0.29) is 6.03 Å². The number of oxazole rings is 1. The summed E-state index contributed by atoms with van der Waals surface area (Å²) in [5, 5.41) is 4.47. The molecule has 0 atom stereocenters. The number of likely N-dealkylation sites (N-methyl/N-ethyl adjacent to an activating group) is 1. The minimum atomic E-state index is -1.48. The zero-order chi connectivity index (χ0) is 18.7. The number of carbonyl (C=O) groups excluding carboxylic acids is 1. The maximum atomic E-state index is 12.3. The summed E-state index contributed by atoms with van der Waals surface area (Å²) in [6.07, 6.45) is 7.30. The molecule has 0 radical (unpaired) electrons. The van der Waals surface area contributed by atoms with E-state index in [4.69, 9.17) is 4.42 Å². The lowest BCUT2D eigenvalue weighted by Crippen LogP contribution is -2.48. The lowest BCUT2D eigenvalue weighted by molar-refractivity contribution is 0.164. The molecular weight excluding hydrogens is 366 g/mol. The van der Waals surface area contributed by atoms with E-state index in [9.17, 15) is 4.79 Å². The largest absolute Gasteiger partial charge is 0.447 e. The van der Waals surface area contributed by atoms with Crippen LogP contribution in [0, 0.1) is 0 Å². The van der Waals surface area contributed by atoms with E-state index >= 15 is 0 Å². The highest BCUT2D eigenvalue weighted by molar-refractivity contribution is 7.16. The summed E-state index contributed by atoms with van der Waals surface area (Å²) >= 11 is 1.43. The van der Waals surface area contributed by atoms with Crippen LogP contribution in [0.15, 0.2) is 16.8 Å². The second kappa shape index (κ2) is 7.73. The van der Waals surface area contributed by atoms with Gasteiger partial charge in [-0.25, -0.2) is 14.8 Å². The van der Waals surface area contributed by atoms with Crippen LogP contribution in [0.3, 0.4) is 0 Å². The van der Waals surface area contributed by atoms with Crippen molar-refractivity contribution in [2.45, 2.75) is 19.6 Å². The van der Waals surface area contributed by atoms with Gasteiger partial charge >= 0.3 is 6.03 Å². The fraction of sp³-hybridized carbons (Fsp3) is 0.471. The van der Waals surface area contributed by atoms with E-state index in [1.807, 2.05) is 23.2 Å². The molecular formula is C17H25N5O2SSi. The topological polar surface area (TPSA) is 74.5 Å². The maximum Gasteiger partial charge on any atom is 0.323 e. The van der Waals surface area contributed by atoms with Gasteiger partial charge in [-0.3, -0.25) is 5.32 Å². The number of thiazole rings is 1. The van der Waals surface area contributed by atoms with Crippen molar-refractivity contribution in [3.63, 3.8) is 0 Å². The van der Waals surface area contributed by atoms with Crippen molar-refractivity contribution in [3.05, 3.63) is 23.2 Å². The molecule has 26 heavy (non-hydrogen) atoms. The number of carbonyl (C=O) groups is 1. The summed E-state index contributed by atoms with van der Waals surface area (Å²) in [5.41, 5.74) is 0. The van der Waals surface area contributed by atoms with Crippen molar-refractivity contribution < 1.29 is 9.21 Å². The highest BCUT2D eigenvalue weighted by Crippen LogP contribution is 2.21. The Morgan fingerprint density at radius 2 is 1.92 bits per heavy atom. The van der Waals surface area contributed by atoms with Gasteiger partial charge < -0.3 is 14.2 Å². The number of piperazine rings is 1. The van der Waals surface area contributed by atoms with Crippen LogP contribution in [0.2, 0.25) is 19.6 Å². The fourth-order valence-corrected chi connectivity index (χ4v) is 4.04. The van der Waals surface area contributed by atoms with Crippen LogP contribution in [-0.4, -0.2) is 67.1 Å². The standard InChI is InChI=1S/C17H25N5O2SSi/c1-21-7-9-22(10-8-21)17(23)20-16-19-11-13(25-16)5-6-14-18-12-15(24-14)26(2,3)4/h5-6,11-12H,7-10H2,1-4H3,(H,19,20,23). The van der Waals surface area contributed by atoms with E-state index < -0.39 is 8.07 Å². The van der Waals surface area contributed by atoms with Gasteiger partial charge in [-0.15, -0.1) is 0 Å². The Bertz CT molecular complexity index is 787. The minimum absolute atomic E-state index is 0.0875. The number of urea groups is 1. The van der Waals surface area contributed by atoms with Crippen molar-refractivity contribution in [1.82, 2.24) is 19.8 Å². The molecule has 0 bridgehead atoms. The Kier molecular flexibility index (Phi) is 5.59. The van der Waals surface area contributed by atoms with Crippen molar-refractivity contribution in [2.24, 2.45) is 0 Å². The molecule has 3 heterocycles. The smallest absolute Gasteiger partial charge is 0.323 e. The summed E-state index contributed by atoms with van der Waals surface area (Å²) < 4.78 is 5.80. The molecule has 1 aliphatic heterocycles. The lowest BCUT2D eigenvalue weighted by Gasteiger charge is -2.32. The van der Waals surface area contributed by atoms with Crippen LogP contribution in [-0.2, 0) is 0 Å². The zero-order valence-electron chi connectivity index (χ0n) is 15.7. The van der Waals surface area contributed by atoms with Gasteiger partial charge in [0.25, 0.3) is 0 Å². The van der Waals surface area contributed by atoms with Crippen molar-refractivity contribution in [1.29, 1.82) is 0 Å². The number of nitrogens with zero attached hydrogens (tertiary/aromatic N) is 4. The van der Waals surface area contributed by atoms with E-state index in [1.165, 1.54) is 11.3 Å². The average molecular weight is 392 g/mol. The summed E-state index contributed by atoms with van der Waals surface area (Å²) in [5.74, 6) is 0.596. The Balaban J connectivity index is 1.57. The molecule has 0 spiro atoms. The molecule has 1 N–H and O–H groups in total. The van der Waals surface area contributed by atoms with E-state index in [1.54, 1.807) is 6.20 Å². The maximum absolute atomic E-state index is 12.3. The number of aromatic nitrogens is 2. The molecule has 2 aromatic rings. The molecule has 3 rings (SSSR count). The van der Waals surface area contributed by atoms with Gasteiger partial charge in [0.1, 0.15) is 13.5 Å². The predicted octanol–water partition coefficient (Wildman–Crippen LogP) is 2.63. The lowest BCUT2D eigenvalue weighted by atomic mass is 10.3. The molecule has 1 fully saturated rings. The molecule has 9 heteroatoms. The van der Waals surface area contributed by atoms with Gasteiger partial charge in [0.05, 0.1) is 6.20 Å². The first-order valence-corrected chi connectivity index (χ1v) is 13.0. The third kappa shape index (κ3) is 4.80. The monoisotopic (exact) mass is 391 g/mol. The Hall–Kier alpha value is -1.97. The minimum Gasteiger partial charge on any atom is -0.447 e. The van der Waals surface area contributed by atoms with Crippen LogP contribution >= 0.6 is 11.3 Å². The predicted molar refractivity (Wildman–Crippen MR) is 109 cm³/mol. The number of nitrogens with one attached hydrogen (secondary N) is 1. The normalized spacial score (nSPS) is 16.4. The summed E-state index contributed by atoms with van der Waals surface area (Å²) in [6, 6.07) is -0.0875.